The van der Waals surface area contributed by atoms with Gasteiger partial charge in [0.1, 0.15) is 0 Å². The largest absolute Gasteiger partial charge is 0.480 e. The molecule has 7 nitrogen and oxygen atoms in total. The van der Waals surface area contributed by atoms with Crippen molar-refractivity contribution < 1.29 is 4.74 Å². The Morgan fingerprint density at radius 3 is 2.56 bits per heavy atom. The fourth-order valence-electron chi connectivity index (χ4n) is 2.64. The monoisotopic (exact) mass is 412 g/mol. The number of rotatable bonds is 4. The van der Waals surface area contributed by atoms with E-state index < -0.39 is 0 Å². The lowest BCUT2D eigenvalue weighted by Gasteiger charge is -2.36. The summed E-state index contributed by atoms with van der Waals surface area (Å²) < 4.78 is 6.03. The first kappa shape index (κ1) is 19.8. The molecule has 25 heavy (non-hydrogen) atoms. The first-order chi connectivity index (χ1) is 11.8. The molecule has 140 valence electrons. The maximum Gasteiger partial charge on any atom is 0.232 e. The summed E-state index contributed by atoms with van der Waals surface area (Å²) in [6, 6.07) is 0. The van der Waals surface area contributed by atoms with Gasteiger partial charge >= 0.3 is 0 Å². The van der Waals surface area contributed by atoms with Crippen molar-refractivity contribution in [2.75, 3.05) is 51.8 Å². The van der Waals surface area contributed by atoms with Gasteiger partial charge in [-0.15, -0.1) is 0 Å². The summed E-state index contributed by atoms with van der Waals surface area (Å²) in [5, 5.41) is 3.48. The number of anilines is 1. The molecule has 0 unspecified atom stereocenters. The van der Waals surface area contributed by atoms with E-state index in [1.54, 1.807) is 13.3 Å². The van der Waals surface area contributed by atoms with Crippen molar-refractivity contribution in [1.82, 2.24) is 20.2 Å². The van der Waals surface area contributed by atoms with Crippen LogP contribution in [0.3, 0.4) is 0 Å². The number of halogens is 1. The molecule has 8 heteroatoms. The van der Waals surface area contributed by atoms with Crippen LogP contribution in [0.5, 0.6) is 5.88 Å². The van der Waals surface area contributed by atoms with Crippen molar-refractivity contribution >= 4 is 27.8 Å². The lowest BCUT2D eigenvalue weighted by molar-refractivity contribution is 0.351. The van der Waals surface area contributed by atoms with Gasteiger partial charge in [0.2, 0.25) is 11.8 Å². The number of aromatic nitrogens is 2. The quantitative estimate of drug-likeness (QED) is 0.604. The minimum Gasteiger partial charge on any atom is -0.480 e. The molecule has 0 radical (unpaired) electrons. The predicted molar refractivity (Wildman–Crippen MR) is 106 cm³/mol. The fraction of sp³-hybridized carbons (Fsp3) is 0.706. The molecular weight excluding hydrogens is 384 g/mol. The van der Waals surface area contributed by atoms with Gasteiger partial charge < -0.3 is 19.9 Å². The second-order valence-corrected chi connectivity index (χ2v) is 8.14. The second kappa shape index (κ2) is 8.69. The van der Waals surface area contributed by atoms with Crippen molar-refractivity contribution in [2.45, 2.75) is 27.2 Å². The average Bonchev–Trinajstić information content (AvgIpc) is 2.58. The Hall–Kier alpha value is -1.57. The van der Waals surface area contributed by atoms with E-state index in [1.165, 1.54) is 0 Å². The van der Waals surface area contributed by atoms with Crippen LogP contribution >= 0.6 is 15.9 Å². The molecule has 0 saturated carbocycles. The molecule has 0 amide bonds. The highest BCUT2D eigenvalue weighted by Gasteiger charge is 2.22. The first-order valence-electron chi connectivity index (χ1n) is 8.61. The molecule has 1 fully saturated rings. The number of piperazine rings is 1. The van der Waals surface area contributed by atoms with Crippen molar-refractivity contribution in [3.8, 4) is 5.88 Å². The van der Waals surface area contributed by atoms with Crippen molar-refractivity contribution in [3.63, 3.8) is 0 Å². The molecule has 0 aromatic carbocycles. The molecule has 1 N–H and O–H groups in total. The SMILES string of the molecule is CN=C(NCCC(C)(C)C)N1CCN(c2ncc(Br)c(OC)n2)CC1. The number of aliphatic imine (C=N–C) groups is 1. The van der Waals surface area contributed by atoms with Crippen LogP contribution in [0.25, 0.3) is 0 Å². The number of nitrogens with one attached hydrogen (secondary N) is 1. The lowest BCUT2D eigenvalue weighted by Crippen LogP contribution is -2.53. The Labute approximate surface area is 159 Å². The maximum absolute atomic E-state index is 5.26. The van der Waals surface area contributed by atoms with Crippen LogP contribution in [0.4, 0.5) is 5.95 Å². The third kappa shape index (κ3) is 5.73. The topological polar surface area (TPSA) is 65.9 Å². The molecular formula is C17H29BrN6O. The van der Waals surface area contributed by atoms with Crippen LogP contribution in [-0.2, 0) is 0 Å². The first-order valence-corrected chi connectivity index (χ1v) is 9.40. The highest BCUT2D eigenvalue weighted by Crippen LogP contribution is 2.24. The molecule has 1 aromatic heterocycles. The molecule has 2 heterocycles. The third-order valence-corrected chi connectivity index (χ3v) is 4.67. The van der Waals surface area contributed by atoms with E-state index >= 15 is 0 Å². The van der Waals surface area contributed by atoms with Gasteiger partial charge in [0, 0.05) is 39.8 Å². The van der Waals surface area contributed by atoms with Crippen LogP contribution in [0, 0.1) is 5.41 Å². The van der Waals surface area contributed by atoms with Crippen LogP contribution in [0.15, 0.2) is 15.7 Å². The highest BCUT2D eigenvalue weighted by molar-refractivity contribution is 9.10. The van der Waals surface area contributed by atoms with Gasteiger partial charge in [-0.3, -0.25) is 4.99 Å². The molecule has 2 rings (SSSR count). The Bertz CT molecular complexity index is 593. The fourth-order valence-corrected chi connectivity index (χ4v) is 2.99. The number of hydrogen-bond acceptors (Lipinski definition) is 5. The summed E-state index contributed by atoms with van der Waals surface area (Å²) in [6.45, 7) is 11.2. The van der Waals surface area contributed by atoms with Gasteiger partial charge in [0.25, 0.3) is 0 Å². The van der Waals surface area contributed by atoms with Crippen molar-refractivity contribution in [3.05, 3.63) is 10.7 Å². The van der Waals surface area contributed by atoms with Gasteiger partial charge in [-0.25, -0.2) is 4.98 Å². The summed E-state index contributed by atoms with van der Waals surface area (Å²) in [6.07, 6.45) is 2.85. The van der Waals surface area contributed by atoms with Crippen LogP contribution in [0.1, 0.15) is 27.2 Å². The Kier molecular flexibility index (Phi) is 6.87. The minimum absolute atomic E-state index is 0.322. The number of nitrogens with zero attached hydrogens (tertiary/aromatic N) is 5. The molecule has 1 aliphatic heterocycles. The zero-order valence-corrected chi connectivity index (χ0v) is 17.4. The number of hydrogen-bond donors (Lipinski definition) is 1. The zero-order chi connectivity index (χ0) is 18.4. The van der Waals surface area contributed by atoms with Crippen molar-refractivity contribution in [1.29, 1.82) is 0 Å². The molecule has 0 aliphatic carbocycles. The van der Waals surface area contributed by atoms with E-state index in [0.717, 1.165) is 49.6 Å². The molecule has 1 saturated heterocycles. The molecule has 0 atom stereocenters. The highest BCUT2D eigenvalue weighted by atomic mass is 79.9. The smallest absolute Gasteiger partial charge is 0.232 e. The molecule has 1 aliphatic rings. The Balaban J connectivity index is 1.90. The van der Waals surface area contributed by atoms with Gasteiger partial charge in [-0.05, 0) is 27.8 Å². The van der Waals surface area contributed by atoms with Gasteiger partial charge in [0.05, 0.1) is 17.8 Å². The van der Waals surface area contributed by atoms with Crippen LogP contribution in [-0.4, -0.2) is 67.7 Å². The minimum atomic E-state index is 0.322. The van der Waals surface area contributed by atoms with E-state index in [4.69, 9.17) is 4.74 Å². The van der Waals surface area contributed by atoms with E-state index in [-0.39, 0.29) is 0 Å². The lowest BCUT2D eigenvalue weighted by atomic mass is 9.92. The van der Waals surface area contributed by atoms with Gasteiger partial charge in [-0.2, -0.15) is 4.98 Å². The zero-order valence-electron chi connectivity index (χ0n) is 15.8. The summed E-state index contributed by atoms with van der Waals surface area (Å²) in [5.74, 6) is 2.24. The van der Waals surface area contributed by atoms with Crippen molar-refractivity contribution in [2.24, 2.45) is 10.4 Å². The normalized spacial score (nSPS) is 16.2. The number of methoxy groups -OCH3 is 1. The van der Waals surface area contributed by atoms with Crippen LogP contribution in [0.2, 0.25) is 0 Å². The van der Waals surface area contributed by atoms with E-state index in [1.807, 2.05) is 7.05 Å². The standard InChI is InChI=1S/C17H29BrN6O/c1-17(2,3)6-7-20-15(19-4)23-8-10-24(11-9-23)16-21-12-13(18)14(22-16)25-5/h12H,6-11H2,1-5H3,(H,19,20). The predicted octanol–water partition coefficient (Wildman–Crippen LogP) is 2.38. The molecule has 0 spiro atoms. The molecule has 1 aromatic rings. The van der Waals surface area contributed by atoms with E-state index in [0.29, 0.717) is 17.2 Å². The van der Waals surface area contributed by atoms with Gasteiger partial charge in [0.15, 0.2) is 5.96 Å². The number of ether oxygens (including phenoxy) is 1. The summed E-state index contributed by atoms with van der Waals surface area (Å²) in [5.41, 5.74) is 0.322. The maximum atomic E-state index is 5.26. The van der Waals surface area contributed by atoms with Gasteiger partial charge in [-0.1, -0.05) is 20.8 Å². The Morgan fingerprint density at radius 1 is 1.32 bits per heavy atom. The molecule has 0 bridgehead atoms. The number of guanidine groups is 1. The van der Waals surface area contributed by atoms with E-state index in [9.17, 15) is 0 Å². The Morgan fingerprint density at radius 2 is 2.00 bits per heavy atom. The summed E-state index contributed by atoms with van der Waals surface area (Å²) in [7, 11) is 3.45. The third-order valence-electron chi connectivity index (χ3n) is 4.12. The second-order valence-electron chi connectivity index (χ2n) is 7.29. The summed E-state index contributed by atoms with van der Waals surface area (Å²) in [4.78, 5) is 17.7. The van der Waals surface area contributed by atoms with E-state index in [2.05, 4.69) is 66.8 Å². The van der Waals surface area contributed by atoms with Crippen LogP contribution < -0.4 is 15.0 Å². The summed E-state index contributed by atoms with van der Waals surface area (Å²) >= 11 is 3.39. The average molecular weight is 413 g/mol.